The number of amides is 1. The molecule has 1 aliphatic heterocycles. The molecule has 0 fully saturated rings. The molecule has 0 atom stereocenters. The van der Waals surface area contributed by atoms with Gasteiger partial charge in [-0.3, -0.25) is 4.79 Å². The predicted octanol–water partition coefficient (Wildman–Crippen LogP) is 1.63. The minimum atomic E-state index is -3.70. The summed E-state index contributed by atoms with van der Waals surface area (Å²) in [6.45, 7) is 1.22. The van der Waals surface area contributed by atoms with Crippen molar-refractivity contribution in [1.82, 2.24) is 4.31 Å². The van der Waals surface area contributed by atoms with Crippen molar-refractivity contribution in [2.75, 3.05) is 44.0 Å². The summed E-state index contributed by atoms with van der Waals surface area (Å²) in [4.78, 5) is 16.5. The van der Waals surface area contributed by atoms with Gasteiger partial charge in [0, 0.05) is 40.3 Å². The Labute approximate surface area is 141 Å². The summed E-state index contributed by atoms with van der Waals surface area (Å²) in [6, 6.07) is 8.89. The number of hydrogen-bond donors (Lipinski definition) is 0. The van der Waals surface area contributed by atoms with Crippen molar-refractivity contribution in [3.05, 3.63) is 42.2 Å². The van der Waals surface area contributed by atoms with Gasteiger partial charge in [-0.05, 0) is 12.1 Å². The smallest absolute Gasteiger partial charge is 0.275 e. The first-order chi connectivity index (χ1) is 11.3. The highest BCUT2D eigenvalue weighted by Gasteiger charge is 2.29. The lowest BCUT2D eigenvalue weighted by Crippen LogP contribution is -2.42. The number of fused-ring (bicyclic) bond motifs is 1. The highest BCUT2D eigenvalue weighted by atomic mass is 32.2. The maximum absolute atomic E-state index is 12.8. The van der Waals surface area contributed by atoms with Crippen LogP contribution in [0.3, 0.4) is 0 Å². The third-order valence-corrected chi connectivity index (χ3v) is 5.73. The molecular formula is C16H19N3O4S. The van der Waals surface area contributed by atoms with E-state index in [1.54, 1.807) is 4.90 Å². The fourth-order valence-electron chi connectivity index (χ4n) is 2.62. The van der Waals surface area contributed by atoms with Gasteiger partial charge in [0.25, 0.3) is 15.9 Å². The minimum absolute atomic E-state index is 0.217. The van der Waals surface area contributed by atoms with E-state index >= 15 is 0 Å². The molecule has 0 N–H and O–H groups in total. The minimum Gasteiger partial charge on any atom is -0.451 e. The molecule has 0 saturated carbocycles. The van der Waals surface area contributed by atoms with Crippen LogP contribution in [0.2, 0.25) is 0 Å². The Morgan fingerprint density at radius 2 is 1.83 bits per heavy atom. The van der Waals surface area contributed by atoms with Crippen LogP contribution in [0.5, 0.6) is 0 Å². The summed E-state index contributed by atoms with van der Waals surface area (Å²) in [5.41, 5.74) is 1.98. The van der Waals surface area contributed by atoms with Crippen LogP contribution in [0.4, 0.5) is 11.4 Å². The molecule has 0 aliphatic carbocycles. The number of para-hydroxylation sites is 2. The van der Waals surface area contributed by atoms with Gasteiger partial charge < -0.3 is 14.2 Å². The molecule has 0 saturated heterocycles. The van der Waals surface area contributed by atoms with E-state index in [1.165, 1.54) is 26.4 Å². The van der Waals surface area contributed by atoms with Crippen molar-refractivity contribution < 1.29 is 17.6 Å². The topological polar surface area (TPSA) is 74.1 Å². The summed E-state index contributed by atoms with van der Waals surface area (Å²) in [6.07, 6.45) is 1.19. The third kappa shape index (κ3) is 2.67. The van der Waals surface area contributed by atoms with Crippen molar-refractivity contribution >= 4 is 27.3 Å². The van der Waals surface area contributed by atoms with Crippen molar-refractivity contribution in [3.63, 3.8) is 0 Å². The Morgan fingerprint density at radius 1 is 1.17 bits per heavy atom. The van der Waals surface area contributed by atoms with E-state index in [0.717, 1.165) is 15.7 Å². The zero-order valence-electron chi connectivity index (χ0n) is 13.8. The molecule has 1 aromatic carbocycles. The van der Waals surface area contributed by atoms with Gasteiger partial charge in [-0.15, -0.1) is 0 Å². The summed E-state index contributed by atoms with van der Waals surface area (Å²) in [5.74, 6) is -0.278. The first-order valence-electron chi connectivity index (χ1n) is 7.45. The molecule has 0 bridgehead atoms. The van der Waals surface area contributed by atoms with Crippen molar-refractivity contribution in [2.45, 2.75) is 5.09 Å². The molecule has 2 heterocycles. The molecule has 128 valence electrons. The highest BCUT2D eigenvalue weighted by molar-refractivity contribution is 7.88. The van der Waals surface area contributed by atoms with Crippen LogP contribution >= 0.6 is 0 Å². The Kier molecular flexibility index (Phi) is 4.10. The standard InChI is InChI=1S/C16H19N3O4S/c1-17(2)24(21,22)15-10-12(11-23-15)16(20)19-9-8-18(3)13-6-4-5-7-14(13)19/h4-7,10-11H,8-9H2,1-3H3. The van der Waals surface area contributed by atoms with Crippen LogP contribution in [0.1, 0.15) is 10.4 Å². The van der Waals surface area contributed by atoms with Gasteiger partial charge >= 0.3 is 0 Å². The molecular weight excluding hydrogens is 330 g/mol. The first kappa shape index (κ1) is 16.5. The van der Waals surface area contributed by atoms with E-state index in [-0.39, 0.29) is 16.6 Å². The number of benzene rings is 1. The molecule has 24 heavy (non-hydrogen) atoms. The normalized spacial score (nSPS) is 14.8. The maximum atomic E-state index is 12.8. The van der Waals surface area contributed by atoms with Crippen molar-refractivity contribution in [3.8, 4) is 0 Å². The molecule has 1 amide bonds. The van der Waals surface area contributed by atoms with Gasteiger partial charge in [0.15, 0.2) is 0 Å². The van der Waals surface area contributed by atoms with E-state index in [2.05, 4.69) is 4.90 Å². The number of furan rings is 1. The average molecular weight is 349 g/mol. The number of nitrogens with zero attached hydrogens (tertiary/aromatic N) is 3. The van der Waals surface area contributed by atoms with Gasteiger partial charge in [-0.1, -0.05) is 12.1 Å². The van der Waals surface area contributed by atoms with E-state index in [9.17, 15) is 13.2 Å². The zero-order chi connectivity index (χ0) is 17.5. The number of rotatable bonds is 3. The quantitative estimate of drug-likeness (QED) is 0.842. The Bertz CT molecular complexity index is 873. The molecule has 1 aromatic heterocycles. The molecule has 1 aliphatic rings. The van der Waals surface area contributed by atoms with Crippen molar-refractivity contribution in [2.24, 2.45) is 0 Å². The molecule has 0 radical (unpaired) electrons. The van der Waals surface area contributed by atoms with E-state index < -0.39 is 10.0 Å². The van der Waals surface area contributed by atoms with Crippen LogP contribution < -0.4 is 9.80 Å². The summed E-state index contributed by atoms with van der Waals surface area (Å²) >= 11 is 0. The van der Waals surface area contributed by atoms with Crippen LogP contribution in [0, 0.1) is 0 Å². The maximum Gasteiger partial charge on any atom is 0.275 e. The second-order valence-corrected chi connectivity index (χ2v) is 7.89. The lowest BCUT2D eigenvalue weighted by Gasteiger charge is -2.35. The number of likely N-dealkylation sites (N-methyl/N-ethyl adjacent to an activating group) is 1. The second-order valence-electron chi connectivity index (χ2n) is 5.81. The van der Waals surface area contributed by atoms with Crippen molar-refractivity contribution in [1.29, 1.82) is 0 Å². The third-order valence-electron chi connectivity index (χ3n) is 4.05. The Hall–Kier alpha value is -2.32. The number of hydrogen-bond acceptors (Lipinski definition) is 5. The fraction of sp³-hybridized carbons (Fsp3) is 0.312. The van der Waals surface area contributed by atoms with Gasteiger partial charge in [0.2, 0.25) is 5.09 Å². The second kappa shape index (κ2) is 5.95. The number of carbonyl (C=O) groups is 1. The van der Waals surface area contributed by atoms with Crippen LogP contribution in [0.15, 0.2) is 46.1 Å². The first-order valence-corrected chi connectivity index (χ1v) is 8.89. The number of sulfonamides is 1. The lowest BCUT2D eigenvalue weighted by atomic mass is 10.1. The molecule has 8 heteroatoms. The molecule has 3 rings (SSSR count). The van der Waals surface area contributed by atoms with Gasteiger partial charge in [-0.2, -0.15) is 0 Å². The predicted molar refractivity (Wildman–Crippen MR) is 91.0 cm³/mol. The fourth-order valence-corrected chi connectivity index (χ4v) is 3.42. The highest BCUT2D eigenvalue weighted by Crippen LogP contribution is 2.33. The molecule has 0 unspecified atom stereocenters. The van der Waals surface area contributed by atoms with Crippen LogP contribution in [0.25, 0.3) is 0 Å². The van der Waals surface area contributed by atoms with Gasteiger partial charge in [0.1, 0.15) is 6.26 Å². The van der Waals surface area contributed by atoms with Gasteiger partial charge in [0.05, 0.1) is 16.9 Å². The average Bonchev–Trinajstić information content (AvgIpc) is 3.05. The Balaban J connectivity index is 1.94. The SMILES string of the molecule is CN1CCN(C(=O)c2coc(S(=O)(=O)N(C)C)c2)c2ccccc21. The van der Waals surface area contributed by atoms with Crippen LogP contribution in [-0.4, -0.2) is 52.9 Å². The molecule has 0 spiro atoms. The van der Waals surface area contributed by atoms with E-state index in [0.29, 0.717) is 13.1 Å². The monoisotopic (exact) mass is 349 g/mol. The molecule has 7 nitrogen and oxygen atoms in total. The molecule has 2 aromatic rings. The van der Waals surface area contributed by atoms with E-state index in [1.807, 2.05) is 31.3 Å². The lowest BCUT2D eigenvalue weighted by molar-refractivity contribution is 0.0986. The number of anilines is 2. The summed E-state index contributed by atoms with van der Waals surface area (Å²) in [7, 11) is 1.10. The largest absolute Gasteiger partial charge is 0.451 e. The zero-order valence-corrected chi connectivity index (χ0v) is 14.6. The van der Waals surface area contributed by atoms with E-state index in [4.69, 9.17) is 4.42 Å². The number of carbonyl (C=O) groups excluding carboxylic acids is 1. The van der Waals surface area contributed by atoms with Crippen LogP contribution in [-0.2, 0) is 10.0 Å². The summed E-state index contributed by atoms with van der Waals surface area (Å²) < 4.78 is 30.3. The van der Waals surface area contributed by atoms with Gasteiger partial charge in [-0.25, -0.2) is 12.7 Å². The summed E-state index contributed by atoms with van der Waals surface area (Å²) in [5, 5.41) is -0.238. The Morgan fingerprint density at radius 3 is 2.50 bits per heavy atom.